The molecule has 0 spiro atoms. The molecule has 0 amide bonds. The van der Waals surface area contributed by atoms with Gasteiger partial charge in [-0.3, -0.25) is 28.7 Å². The van der Waals surface area contributed by atoms with E-state index in [2.05, 4.69) is 6.92 Å². The number of hydrogen-bond donors (Lipinski definition) is 0. The third-order valence-electron chi connectivity index (χ3n) is 7.31. The van der Waals surface area contributed by atoms with E-state index in [0.29, 0.717) is 6.61 Å². The maximum Gasteiger partial charge on any atom is 0.303 e. The smallest absolute Gasteiger partial charge is 0.303 e. The van der Waals surface area contributed by atoms with Gasteiger partial charge in [0.05, 0.1) is 12.7 Å². The molecular weight excluding hydrogens is 616 g/mol. The van der Waals surface area contributed by atoms with Crippen LogP contribution in [0.1, 0.15) is 81.1 Å². The van der Waals surface area contributed by atoms with Crippen molar-refractivity contribution in [1.29, 1.82) is 0 Å². The third kappa shape index (κ3) is 10.3. The van der Waals surface area contributed by atoms with Crippen molar-refractivity contribution in [1.82, 2.24) is 0 Å². The molecule has 0 radical (unpaired) electrons. The van der Waals surface area contributed by atoms with Crippen molar-refractivity contribution in [3.05, 3.63) is 0 Å². The number of hydrogen-bond acceptors (Lipinski definition) is 16. The molecule has 0 aromatic rings. The van der Waals surface area contributed by atoms with Crippen LogP contribution < -0.4 is 0 Å². The molecule has 0 saturated carbocycles. The van der Waals surface area contributed by atoms with Crippen LogP contribution >= 0.6 is 0 Å². The molecule has 3 aliphatic heterocycles. The number of ether oxygens (including phenoxy) is 11. The average molecular weight is 663 g/mol. The van der Waals surface area contributed by atoms with Crippen LogP contribution in [-0.4, -0.2) is 110 Å². The molecule has 0 aromatic carbocycles. The Morgan fingerprint density at radius 2 is 1.26 bits per heavy atom. The Kier molecular flexibility index (Phi) is 13.7. The fraction of sp³-hybridized carbons (Fsp3) is 0.833. The highest BCUT2D eigenvalue weighted by Crippen LogP contribution is 2.41. The van der Waals surface area contributed by atoms with Crippen molar-refractivity contribution in [2.75, 3.05) is 13.2 Å². The van der Waals surface area contributed by atoms with Gasteiger partial charge >= 0.3 is 29.8 Å². The minimum atomic E-state index is -1.57. The lowest BCUT2D eigenvalue weighted by Crippen LogP contribution is -2.66. The van der Waals surface area contributed by atoms with Crippen LogP contribution in [0.4, 0.5) is 0 Å². The quantitative estimate of drug-likeness (QED) is 0.149. The van der Waals surface area contributed by atoms with E-state index in [1.165, 1.54) is 6.92 Å². The van der Waals surface area contributed by atoms with Crippen molar-refractivity contribution in [2.45, 2.75) is 148 Å². The van der Waals surface area contributed by atoms with Gasteiger partial charge in [0.2, 0.25) is 0 Å². The maximum absolute atomic E-state index is 12.3. The topological polar surface area (TPSA) is 187 Å². The Morgan fingerprint density at radius 3 is 1.85 bits per heavy atom. The summed E-state index contributed by atoms with van der Waals surface area (Å²) in [4.78, 5) is 60.5. The monoisotopic (exact) mass is 662 g/mol. The number of esters is 5. The van der Waals surface area contributed by atoms with Crippen LogP contribution in [0.15, 0.2) is 0 Å². The zero-order chi connectivity index (χ0) is 34.2. The van der Waals surface area contributed by atoms with E-state index < -0.39 is 104 Å². The summed E-state index contributed by atoms with van der Waals surface area (Å²) in [6.45, 7) is 10.9. The molecule has 3 saturated heterocycles. The van der Waals surface area contributed by atoms with Gasteiger partial charge in [0.25, 0.3) is 5.97 Å². The molecule has 1 unspecified atom stereocenters. The van der Waals surface area contributed by atoms with Crippen LogP contribution in [0, 0.1) is 0 Å². The molecule has 0 aliphatic carbocycles. The lowest BCUT2D eigenvalue weighted by atomic mass is 9.96. The van der Waals surface area contributed by atoms with Gasteiger partial charge in [0.15, 0.2) is 37.0 Å². The molecular formula is C30H46O16. The molecule has 16 heteroatoms. The summed E-state index contributed by atoms with van der Waals surface area (Å²) in [6, 6.07) is 0. The number of rotatable bonds is 14. The first-order chi connectivity index (χ1) is 21.6. The van der Waals surface area contributed by atoms with Crippen LogP contribution in [-0.2, 0) is 76.1 Å². The van der Waals surface area contributed by atoms with E-state index in [1.807, 2.05) is 0 Å². The Bertz CT molecular complexity index is 1080. The molecule has 3 aliphatic rings. The summed E-state index contributed by atoms with van der Waals surface area (Å²) in [5.41, 5.74) is 0. The second-order valence-corrected chi connectivity index (χ2v) is 11.4. The Morgan fingerprint density at radius 1 is 0.674 bits per heavy atom. The molecule has 46 heavy (non-hydrogen) atoms. The van der Waals surface area contributed by atoms with E-state index in [0.717, 1.165) is 53.4 Å². The second-order valence-electron chi connectivity index (χ2n) is 11.4. The van der Waals surface area contributed by atoms with Gasteiger partial charge in [-0.15, -0.1) is 0 Å². The van der Waals surface area contributed by atoms with E-state index in [1.54, 1.807) is 13.8 Å². The van der Waals surface area contributed by atoms with Crippen molar-refractivity contribution in [2.24, 2.45) is 0 Å². The number of carbonyl (C=O) groups is 5. The number of carbonyl (C=O) groups excluding carboxylic acids is 5. The van der Waals surface area contributed by atoms with Crippen LogP contribution in [0.2, 0.25) is 0 Å². The maximum atomic E-state index is 12.3. The summed E-state index contributed by atoms with van der Waals surface area (Å²) in [5.74, 6) is -5.25. The average Bonchev–Trinajstić information content (AvgIpc) is 3.27. The molecule has 0 bridgehead atoms. The van der Waals surface area contributed by atoms with Gasteiger partial charge in [0, 0.05) is 41.5 Å². The van der Waals surface area contributed by atoms with Crippen molar-refractivity contribution < 1.29 is 76.1 Å². The molecule has 3 heterocycles. The molecule has 262 valence electrons. The van der Waals surface area contributed by atoms with Crippen LogP contribution in [0.25, 0.3) is 0 Å². The molecule has 0 aromatic heterocycles. The van der Waals surface area contributed by atoms with Gasteiger partial charge in [-0.2, -0.15) is 0 Å². The molecule has 3 fully saturated rings. The van der Waals surface area contributed by atoms with E-state index in [4.69, 9.17) is 52.1 Å². The highest BCUT2D eigenvalue weighted by atomic mass is 16.9. The minimum Gasteiger partial charge on any atom is -0.463 e. The summed E-state index contributed by atoms with van der Waals surface area (Å²) >= 11 is 0. The lowest BCUT2D eigenvalue weighted by Gasteiger charge is -2.47. The van der Waals surface area contributed by atoms with E-state index in [-0.39, 0.29) is 0 Å². The normalized spacial score (nSPS) is 35.4. The molecule has 16 nitrogen and oxygen atoms in total. The zero-order valence-corrected chi connectivity index (χ0v) is 27.5. The second kappa shape index (κ2) is 16.8. The van der Waals surface area contributed by atoms with E-state index in [9.17, 15) is 24.0 Å². The van der Waals surface area contributed by atoms with Gasteiger partial charge in [0.1, 0.15) is 24.9 Å². The summed E-state index contributed by atoms with van der Waals surface area (Å²) < 4.78 is 63.8. The molecule has 0 N–H and O–H groups in total. The fourth-order valence-electron chi connectivity index (χ4n) is 5.50. The molecule has 11 atom stereocenters. The van der Waals surface area contributed by atoms with E-state index >= 15 is 0 Å². The van der Waals surface area contributed by atoms with Crippen molar-refractivity contribution in [3.63, 3.8) is 0 Å². The van der Waals surface area contributed by atoms with Gasteiger partial charge in [-0.05, 0) is 13.3 Å². The van der Waals surface area contributed by atoms with Crippen molar-refractivity contribution >= 4 is 29.8 Å². The molecule has 3 rings (SSSR count). The Labute approximate surface area is 267 Å². The number of fused-ring (bicyclic) bond motifs is 1. The Balaban J connectivity index is 1.99. The first-order valence-electron chi connectivity index (χ1n) is 15.4. The van der Waals surface area contributed by atoms with Crippen molar-refractivity contribution in [3.8, 4) is 0 Å². The van der Waals surface area contributed by atoms with Crippen LogP contribution in [0.5, 0.6) is 0 Å². The third-order valence-corrected chi connectivity index (χ3v) is 7.31. The lowest BCUT2D eigenvalue weighted by molar-refractivity contribution is -0.347. The first kappa shape index (κ1) is 37.6. The SMILES string of the molecule is CCCCCCOC1(C)O[C@H]2O[C@@H](C)[C@H](OC(C)=O)[C@@H](O[C@H]3O[C@H](COC(C)=O)[C@@H](OC(C)=O)[C@H](OC(C)=O)[C@H]3OC(C)=O)[C@H]2O1. The summed E-state index contributed by atoms with van der Waals surface area (Å²) in [5, 5.41) is 0. The summed E-state index contributed by atoms with van der Waals surface area (Å²) in [6.07, 6.45) is -8.57. The van der Waals surface area contributed by atoms with Gasteiger partial charge in [-0.1, -0.05) is 26.2 Å². The minimum absolute atomic E-state index is 0.337. The zero-order valence-electron chi connectivity index (χ0n) is 27.5. The van der Waals surface area contributed by atoms with Gasteiger partial charge in [-0.25, -0.2) is 0 Å². The predicted molar refractivity (Wildman–Crippen MR) is 151 cm³/mol. The summed E-state index contributed by atoms with van der Waals surface area (Å²) in [7, 11) is 0. The highest BCUT2D eigenvalue weighted by Gasteiger charge is 2.60. The largest absolute Gasteiger partial charge is 0.463 e. The van der Waals surface area contributed by atoms with Crippen LogP contribution in [0.3, 0.4) is 0 Å². The standard InChI is InChI=1S/C30H46O16/c1-9-10-11-12-13-37-30(8)45-27-24(22(39-17(4)32)15(2)38-29(27)46-30)44-28-26(42-20(7)35)25(41-19(6)34)23(40-18(5)33)21(43-28)14-36-16(3)31/h15,21-29H,9-14H2,1-8H3/t15-,21+,22-,23+,24+,25-,26+,27+,28+,29+,30?/m0/s1. The fourth-order valence-corrected chi connectivity index (χ4v) is 5.50. The highest BCUT2D eigenvalue weighted by molar-refractivity contribution is 5.69. The first-order valence-corrected chi connectivity index (χ1v) is 15.4. The number of unbranched alkanes of at least 4 members (excludes halogenated alkanes) is 3. The predicted octanol–water partition coefficient (Wildman–Crippen LogP) is 1.82. The Hall–Kier alpha value is -2.89. The van der Waals surface area contributed by atoms with Gasteiger partial charge < -0.3 is 47.4 Å².